The minimum Gasteiger partial charge on any atom is -0.317 e. The number of rotatable bonds is 4. The van der Waals surface area contributed by atoms with E-state index in [1.165, 1.54) is 30.4 Å². The zero-order valence-electron chi connectivity index (χ0n) is 13.2. The molecular weight excluding hydrogens is 249 g/mol. The van der Waals surface area contributed by atoms with E-state index in [1.807, 2.05) is 6.07 Å². The third kappa shape index (κ3) is 3.60. The Morgan fingerprint density at radius 3 is 2.70 bits per heavy atom. The van der Waals surface area contributed by atoms with Crippen LogP contribution in [0.3, 0.4) is 0 Å². The summed E-state index contributed by atoms with van der Waals surface area (Å²) in [5.41, 5.74) is 2.40. The molecule has 1 aliphatic rings. The first-order chi connectivity index (χ1) is 9.51. The van der Waals surface area contributed by atoms with E-state index < -0.39 is 0 Å². The predicted octanol–water partition coefficient (Wildman–Crippen LogP) is 4.34. The van der Waals surface area contributed by atoms with E-state index in [-0.39, 0.29) is 5.82 Å². The zero-order valence-corrected chi connectivity index (χ0v) is 13.2. The minimum atomic E-state index is -0.108. The lowest BCUT2D eigenvalue weighted by atomic mass is 9.71. The molecule has 20 heavy (non-hydrogen) atoms. The molecule has 1 aliphatic carbocycles. The number of benzene rings is 1. The van der Waals surface area contributed by atoms with Crippen LogP contribution in [0.15, 0.2) is 18.2 Å². The van der Waals surface area contributed by atoms with Crippen LogP contribution >= 0.6 is 0 Å². The molecule has 1 aromatic carbocycles. The van der Waals surface area contributed by atoms with Crippen molar-refractivity contribution < 1.29 is 4.39 Å². The molecule has 0 spiro atoms. The third-order valence-electron chi connectivity index (χ3n) is 5.13. The van der Waals surface area contributed by atoms with Gasteiger partial charge in [-0.05, 0) is 80.7 Å². The maximum Gasteiger partial charge on any atom is 0.123 e. The Kier molecular flexibility index (Phi) is 5.20. The summed E-state index contributed by atoms with van der Waals surface area (Å²) in [7, 11) is 2.06. The number of nitrogens with one attached hydrogen (secondary N) is 1. The van der Waals surface area contributed by atoms with Crippen molar-refractivity contribution in [3.63, 3.8) is 0 Å². The van der Waals surface area contributed by atoms with E-state index in [0.29, 0.717) is 12.0 Å². The summed E-state index contributed by atoms with van der Waals surface area (Å²) in [5.74, 6) is 2.09. The quantitative estimate of drug-likeness (QED) is 0.863. The van der Waals surface area contributed by atoms with Gasteiger partial charge in [-0.3, -0.25) is 0 Å². The molecule has 2 heteroatoms. The van der Waals surface area contributed by atoms with Gasteiger partial charge in [0.1, 0.15) is 5.82 Å². The molecule has 1 N–H and O–H groups in total. The highest BCUT2D eigenvalue weighted by Gasteiger charge is 2.31. The van der Waals surface area contributed by atoms with Gasteiger partial charge in [-0.2, -0.15) is 0 Å². The van der Waals surface area contributed by atoms with Crippen molar-refractivity contribution in [2.45, 2.75) is 52.5 Å². The van der Waals surface area contributed by atoms with Crippen LogP contribution < -0.4 is 5.32 Å². The van der Waals surface area contributed by atoms with Gasteiger partial charge in [0.15, 0.2) is 0 Å². The molecule has 0 aliphatic heterocycles. The van der Waals surface area contributed by atoms with Crippen LogP contribution in [0.25, 0.3) is 0 Å². The Balaban J connectivity index is 2.13. The van der Waals surface area contributed by atoms with E-state index in [9.17, 15) is 4.39 Å². The molecular formula is C18H28FN. The normalized spacial score (nSPS) is 27.0. The molecule has 0 saturated heterocycles. The van der Waals surface area contributed by atoms with E-state index in [1.54, 1.807) is 12.1 Å². The largest absolute Gasteiger partial charge is 0.317 e. The van der Waals surface area contributed by atoms with Crippen LogP contribution in [0.5, 0.6) is 0 Å². The van der Waals surface area contributed by atoms with Crippen LogP contribution in [0, 0.1) is 30.5 Å². The summed E-state index contributed by atoms with van der Waals surface area (Å²) in [6.07, 6.45) is 4.83. The number of aryl methyl sites for hydroxylation is 1. The molecule has 1 saturated carbocycles. The van der Waals surface area contributed by atoms with Gasteiger partial charge in [-0.15, -0.1) is 0 Å². The molecule has 2 rings (SSSR count). The second-order valence-corrected chi connectivity index (χ2v) is 6.75. The van der Waals surface area contributed by atoms with Crippen molar-refractivity contribution in [1.82, 2.24) is 5.32 Å². The van der Waals surface area contributed by atoms with Gasteiger partial charge in [0.2, 0.25) is 0 Å². The average Bonchev–Trinajstić information content (AvgIpc) is 2.42. The molecule has 1 nitrogen and oxygen atoms in total. The van der Waals surface area contributed by atoms with E-state index in [2.05, 4.69) is 33.1 Å². The lowest BCUT2D eigenvalue weighted by Crippen LogP contribution is -2.40. The number of hydrogen-bond acceptors (Lipinski definition) is 1. The topological polar surface area (TPSA) is 12.0 Å². The highest BCUT2D eigenvalue weighted by molar-refractivity contribution is 5.27. The van der Waals surface area contributed by atoms with Crippen LogP contribution in [-0.2, 0) is 6.42 Å². The first-order valence-electron chi connectivity index (χ1n) is 7.93. The van der Waals surface area contributed by atoms with Gasteiger partial charge in [0, 0.05) is 6.04 Å². The number of halogens is 1. The Bertz CT molecular complexity index is 441. The first-order valence-corrected chi connectivity index (χ1v) is 7.93. The summed E-state index contributed by atoms with van der Waals surface area (Å²) in [5, 5.41) is 3.47. The van der Waals surface area contributed by atoms with Gasteiger partial charge in [-0.1, -0.05) is 19.9 Å². The highest BCUT2D eigenvalue weighted by atomic mass is 19.1. The number of hydrogen-bond donors (Lipinski definition) is 1. The Hall–Kier alpha value is -0.890. The second kappa shape index (κ2) is 6.71. The minimum absolute atomic E-state index is 0.108. The molecule has 0 radical (unpaired) electrons. The van der Waals surface area contributed by atoms with E-state index in [4.69, 9.17) is 0 Å². The van der Waals surface area contributed by atoms with Crippen LogP contribution in [0.2, 0.25) is 0 Å². The molecule has 1 fully saturated rings. The van der Waals surface area contributed by atoms with E-state index in [0.717, 1.165) is 18.3 Å². The maximum atomic E-state index is 13.5. The van der Waals surface area contributed by atoms with Crippen LogP contribution in [0.1, 0.15) is 44.2 Å². The Morgan fingerprint density at radius 1 is 1.30 bits per heavy atom. The second-order valence-electron chi connectivity index (χ2n) is 6.75. The van der Waals surface area contributed by atoms with Crippen LogP contribution in [0.4, 0.5) is 4.39 Å². The lowest BCUT2D eigenvalue weighted by Gasteiger charge is -2.38. The summed E-state index contributed by atoms with van der Waals surface area (Å²) >= 11 is 0. The van der Waals surface area contributed by atoms with Crippen molar-refractivity contribution in [2.24, 2.45) is 17.8 Å². The summed E-state index contributed by atoms with van der Waals surface area (Å²) in [6, 6.07) is 5.77. The molecule has 112 valence electrons. The van der Waals surface area contributed by atoms with Gasteiger partial charge in [0.05, 0.1) is 0 Å². The summed E-state index contributed by atoms with van der Waals surface area (Å²) < 4.78 is 13.5. The third-order valence-corrected chi connectivity index (χ3v) is 5.13. The van der Waals surface area contributed by atoms with Crippen molar-refractivity contribution in [1.29, 1.82) is 0 Å². The summed E-state index contributed by atoms with van der Waals surface area (Å²) in [6.45, 7) is 6.75. The highest BCUT2D eigenvalue weighted by Crippen LogP contribution is 2.36. The fraction of sp³-hybridized carbons (Fsp3) is 0.667. The Morgan fingerprint density at radius 2 is 2.05 bits per heavy atom. The molecule has 1 aromatic rings. The van der Waals surface area contributed by atoms with Gasteiger partial charge >= 0.3 is 0 Å². The average molecular weight is 277 g/mol. The molecule has 0 amide bonds. The maximum absolute atomic E-state index is 13.5. The standard InChI is InChI=1S/C18H28FN/c1-12(2)14-6-8-18(20-4)16(9-14)10-15-11-17(19)7-5-13(15)3/h5,7,11-12,14,16,18,20H,6,8-10H2,1-4H3. The zero-order chi connectivity index (χ0) is 14.7. The monoisotopic (exact) mass is 277 g/mol. The van der Waals surface area contributed by atoms with Gasteiger partial charge in [0.25, 0.3) is 0 Å². The predicted molar refractivity (Wildman–Crippen MR) is 83.4 cm³/mol. The van der Waals surface area contributed by atoms with Crippen molar-refractivity contribution in [3.05, 3.63) is 35.1 Å². The fourth-order valence-electron chi connectivity index (χ4n) is 3.65. The van der Waals surface area contributed by atoms with Crippen molar-refractivity contribution >= 4 is 0 Å². The Labute approximate surface area is 123 Å². The molecule has 3 atom stereocenters. The van der Waals surface area contributed by atoms with E-state index >= 15 is 0 Å². The molecule has 3 unspecified atom stereocenters. The molecule has 0 heterocycles. The first kappa shape index (κ1) is 15.5. The van der Waals surface area contributed by atoms with Crippen LogP contribution in [-0.4, -0.2) is 13.1 Å². The molecule has 0 aromatic heterocycles. The molecule has 0 bridgehead atoms. The fourth-order valence-corrected chi connectivity index (χ4v) is 3.65. The smallest absolute Gasteiger partial charge is 0.123 e. The SMILES string of the molecule is CNC1CCC(C(C)C)CC1Cc1cc(F)ccc1C. The lowest BCUT2D eigenvalue weighted by molar-refractivity contribution is 0.172. The van der Waals surface area contributed by atoms with Crippen molar-refractivity contribution in [3.8, 4) is 0 Å². The van der Waals surface area contributed by atoms with Gasteiger partial charge < -0.3 is 5.32 Å². The van der Waals surface area contributed by atoms with Crippen molar-refractivity contribution in [2.75, 3.05) is 7.05 Å². The summed E-state index contributed by atoms with van der Waals surface area (Å²) in [4.78, 5) is 0. The van der Waals surface area contributed by atoms with Gasteiger partial charge in [-0.25, -0.2) is 4.39 Å².